The van der Waals surface area contributed by atoms with Crippen LogP contribution in [0, 0.1) is 5.92 Å². The predicted octanol–water partition coefficient (Wildman–Crippen LogP) is 2.36. The molecule has 1 aliphatic carbocycles. The van der Waals surface area contributed by atoms with Gasteiger partial charge in [-0.2, -0.15) is 4.99 Å². The molecule has 1 saturated carbocycles. The lowest BCUT2D eigenvalue weighted by Crippen LogP contribution is -2.44. The van der Waals surface area contributed by atoms with Crippen molar-refractivity contribution in [3.05, 3.63) is 29.1 Å². The zero-order chi connectivity index (χ0) is 16.4. The number of nitrogens with one attached hydrogen (secondary N) is 1. The van der Waals surface area contributed by atoms with Gasteiger partial charge >= 0.3 is 0 Å². The second-order valence-electron chi connectivity index (χ2n) is 6.08. The van der Waals surface area contributed by atoms with E-state index in [0.717, 1.165) is 35.9 Å². The number of para-hydroxylation sites is 1. The van der Waals surface area contributed by atoms with Gasteiger partial charge in [-0.05, 0) is 30.9 Å². The maximum Gasteiger partial charge on any atom is 0.271 e. The van der Waals surface area contributed by atoms with Crippen molar-refractivity contribution in [2.45, 2.75) is 38.6 Å². The highest BCUT2D eigenvalue weighted by molar-refractivity contribution is 7.16. The van der Waals surface area contributed by atoms with Gasteiger partial charge in [0, 0.05) is 14.0 Å². The Bertz CT molecular complexity index is 800. The number of nitrogens with zero attached hydrogens (tertiary/aromatic N) is 2. The summed E-state index contributed by atoms with van der Waals surface area (Å²) in [5, 5.41) is 2.81. The van der Waals surface area contributed by atoms with Crippen LogP contribution in [-0.4, -0.2) is 22.4 Å². The van der Waals surface area contributed by atoms with Crippen LogP contribution in [0.1, 0.15) is 32.6 Å². The van der Waals surface area contributed by atoms with E-state index >= 15 is 0 Å². The van der Waals surface area contributed by atoms with E-state index in [1.54, 1.807) is 0 Å². The van der Waals surface area contributed by atoms with Crippen molar-refractivity contribution in [2.75, 3.05) is 0 Å². The molecule has 1 aromatic carbocycles. The summed E-state index contributed by atoms with van der Waals surface area (Å²) < 4.78 is 3.02. The highest BCUT2D eigenvalue weighted by Crippen LogP contribution is 2.28. The molecule has 0 aliphatic heterocycles. The normalized spacial score (nSPS) is 17.6. The number of amides is 2. The Morgan fingerprint density at radius 1 is 1.30 bits per heavy atom. The van der Waals surface area contributed by atoms with E-state index < -0.39 is 6.04 Å². The molecule has 1 atom stereocenters. The molecule has 1 N–H and O–H groups in total. The van der Waals surface area contributed by atoms with E-state index in [9.17, 15) is 9.59 Å². The Hall–Kier alpha value is -1.95. The monoisotopic (exact) mass is 331 g/mol. The summed E-state index contributed by atoms with van der Waals surface area (Å²) in [6.45, 7) is 1.45. The van der Waals surface area contributed by atoms with Crippen LogP contribution in [0.2, 0.25) is 0 Å². The highest BCUT2D eigenvalue weighted by Gasteiger charge is 2.31. The molecule has 0 spiro atoms. The van der Waals surface area contributed by atoms with Crippen molar-refractivity contribution in [2.24, 2.45) is 18.0 Å². The molecule has 0 unspecified atom stereocenters. The fourth-order valence-electron chi connectivity index (χ4n) is 3.24. The summed E-state index contributed by atoms with van der Waals surface area (Å²) in [6, 6.07) is 7.48. The van der Waals surface area contributed by atoms with Crippen LogP contribution in [-0.2, 0) is 16.6 Å². The van der Waals surface area contributed by atoms with Gasteiger partial charge in [-0.15, -0.1) is 0 Å². The molecule has 0 radical (unpaired) electrons. The SMILES string of the molecule is CC(=O)N[C@@H](C(=O)N=c1sc2ccccc2n1C)C1CCCC1. The number of hydrogen-bond acceptors (Lipinski definition) is 3. The molecule has 1 heterocycles. The number of thiazole rings is 1. The van der Waals surface area contributed by atoms with E-state index in [-0.39, 0.29) is 17.7 Å². The van der Waals surface area contributed by atoms with Gasteiger partial charge in [0.1, 0.15) is 6.04 Å². The largest absolute Gasteiger partial charge is 0.344 e. The molecular weight excluding hydrogens is 310 g/mol. The third-order valence-electron chi connectivity index (χ3n) is 4.42. The van der Waals surface area contributed by atoms with Crippen LogP contribution in [0.15, 0.2) is 29.3 Å². The van der Waals surface area contributed by atoms with Crippen molar-refractivity contribution in [3.8, 4) is 0 Å². The number of rotatable bonds is 3. The predicted molar refractivity (Wildman–Crippen MR) is 90.9 cm³/mol. The summed E-state index contributed by atoms with van der Waals surface area (Å²) in [7, 11) is 1.91. The molecule has 1 aliphatic rings. The Morgan fingerprint density at radius 2 is 2.00 bits per heavy atom. The van der Waals surface area contributed by atoms with Crippen molar-refractivity contribution in [1.82, 2.24) is 9.88 Å². The minimum Gasteiger partial charge on any atom is -0.344 e. The van der Waals surface area contributed by atoms with Gasteiger partial charge in [0.15, 0.2) is 4.80 Å². The zero-order valence-corrected chi connectivity index (χ0v) is 14.2. The number of benzene rings is 1. The molecule has 23 heavy (non-hydrogen) atoms. The first-order chi connectivity index (χ1) is 11.1. The second kappa shape index (κ2) is 6.66. The van der Waals surface area contributed by atoms with Crippen molar-refractivity contribution >= 4 is 33.4 Å². The molecule has 5 nitrogen and oxygen atoms in total. The van der Waals surface area contributed by atoms with Crippen molar-refractivity contribution < 1.29 is 9.59 Å². The number of aryl methyl sites for hydroxylation is 1. The second-order valence-corrected chi connectivity index (χ2v) is 7.09. The lowest BCUT2D eigenvalue weighted by atomic mass is 9.97. The fourth-order valence-corrected chi connectivity index (χ4v) is 4.27. The van der Waals surface area contributed by atoms with E-state index in [2.05, 4.69) is 10.3 Å². The van der Waals surface area contributed by atoms with Crippen LogP contribution in [0.3, 0.4) is 0 Å². The number of fused-ring (bicyclic) bond motifs is 1. The molecule has 0 saturated heterocycles. The topological polar surface area (TPSA) is 63.5 Å². The molecule has 3 rings (SSSR count). The quantitative estimate of drug-likeness (QED) is 0.938. The van der Waals surface area contributed by atoms with Crippen molar-refractivity contribution in [3.63, 3.8) is 0 Å². The molecule has 6 heteroatoms. The van der Waals surface area contributed by atoms with Gasteiger partial charge in [0.2, 0.25) is 5.91 Å². The van der Waals surface area contributed by atoms with Crippen LogP contribution < -0.4 is 10.1 Å². The fraction of sp³-hybridized carbons (Fsp3) is 0.471. The minimum absolute atomic E-state index is 0.175. The highest BCUT2D eigenvalue weighted by atomic mass is 32.1. The summed E-state index contributed by atoms with van der Waals surface area (Å²) in [5.74, 6) is -0.213. The van der Waals surface area contributed by atoms with Crippen molar-refractivity contribution in [1.29, 1.82) is 0 Å². The van der Waals surface area contributed by atoms with E-state index in [0.29, 0.717) is 4.80 Å². The van der Waals surface area contributed by atoms with E-state index in [1.165, 1.54) is 18.3 Å². The average molecular weight is 331 g/mol. The van der Waals surface area contributed by atoms with Gasteiger partial charge in [-0.3, -0.25) is 9.59 Å². The van der Waals surface area contributed by atoms with E-state index in [4.69, 9.17) is 0 Å². The Balaban J connectivity index is 1.95. The lowest BCUT2D eigenvalue weighted by Gasteiger charge is -2.20. The number of carbonyl (C=O) groups excluding carboxylic acids is 2. The molecule has 1 fully saturated rings. The van der Waals surface area contributed by atoms with Crippen LogP contribution in [0.5, 0.6) is 0 Å². The number of hydrogen-bond donors (Lipinski definition) is 1. The van der Waals surface area contributed by atoms with Gasteiger partial charge < -0.3 is 9.88 Å². The molecule has 1 aromatic heterocycles. The first-order valence-electron chi connectivity index (χ1n) is 7.96. The minimum atomic E-state index is -0.500. The van der Waals surface area contributed by atoms with Crippen LogP contribution in [0.25, 0.3) is 10.2 Å². The number of carbonyl (C=O) groups is 2. The Morgan fingerprint density at radius 3 is 2.65 bits per heavy atom. The van der Waals surface area contributed by atoms with Gasteiger partial charge in [-0.1, -0.05) is 36.3 Å². The zero-order valence-electron chi connectivity index (χ0n) is 13.4. The van der Waals surface area contributed by atoms with Gasteiger partial charge in [-0.25, -0.2) is 0 Å². The maximum absolute atomic E-state index is 12.7. The third kappa shape index (κ3) is 3.37. The average Bonchev–Trinajstić information content (AvgIpc) is 3.14. The Labute approximate surface area is 139 Å². The van der Waals surface area contributed by atoms with Crippen LogP contribution >= 0.6 is 11.3 Å². The Kier molecular flexibility index (Phi) is 4.61. The summed E-state index contributed by atoms with van der Waals surface area (Å²) in [5.41, 5.74) is 1.06. The summed E-state index contributed by atoms with van der Waals surface area (Å²) in [6.07, 6.45) is 4.19. The van der Waals surface area contributed by atoms with Gasteiger partial charge in [0.05, 0.1) is 10.2 Å². The standard InChI is InChI=1S/C17H21N3O2S/c1-11(21)18-15(12-7-3-4-8-12)16(22)19-17-20(2)13-9-5-6-10-14(13)23-17/h5-6,9-10,12,15H,3-4,7-8H2,1-2H3,(H,18,21)/t15-/m1/s1. The lowest BCUT2D eigenvalue weighted by molar-refractivity contribution is -0.127. The maximum atomic E-state index is 12.7. The molecule has 2 amide bonds. The third-order valence-corrected chi connectivity index (χ3v) is 5.53. The van der Waals surface area contributed by atoms with E-state index in [1.807, 2.05) is 35.9 Å². The molecule has 122 valence electrons. The first-order valence-corrected chi connectivity index (χ1v) is 8.78. The smallest absolute Gasteiger partial charge is 0.271 e. The molecule has 0 bridgehead atoms. The van der Waals surface area contributed by atoms with Gasteiger partial charge in [0.25, 0.3) is 5.91 Å². The molecular formula is C17H21N3O2S. The summed E-state index contributed by atoms with van der Waals surface area (Å²) >= 11 is 1.49. The first kappa shape index (κ1) is 15.9. The summed E-state index contributed by atoms with van der Waals surface area (Å²) in [4.78, 5) is 29.1. The number of aromatic nitrogens is 1. The van der Waals surface area contributed by atoms with Crippen LogP contribution in [0.4, 0.5) is 0 Å². The molecule has 2 aromatic rings.